The van der Waals surface area contributed by atoms with Crippen LogP contribution in [0.3, 0.4) is 0 Å². The lowest BCUT2D eigenvalue weighted by atomic mass is 10.1. The van der Waals surface area contributed by atoms with Gasteiger partial charge in [0.1, 0.15) is 5.25 Å². The van der Waals surface area contributed by atoms with E-state index in [0.29, 0.717) is 29.0 Å². The topological polar surface area (TPSA) is 81.2 Å². The van der Waals surface area contributed by atoms with E-state index in [9.17, 15) is 5.26 Å². The van der Waals surface area contributed by atoms with Crippen LogP contribution in [-0.4, -0.2) is 22.2 Å². The molecule has 0 N–H and O–H groups in total. The van der Waals surface area contributed by atoms with Gasteiger partial charge in [-0.15, -0.1) is 10.2 Å². The summed E-state index contributed by atoms with van der Waals surface area (Å²) in [5, 5.41) is 17.6. The van der Waals surface area contributed by atoms with Crippen LogP contribution >= 0.6 is 11.8 Å². The van der Waals surface area contributed by atoms with Gasteiger partial charge in [0.15, 0.2) is 11.5 Å². The van der Waals surface area contributed by atoms with Crippen LogP contribution in [0.15, 0.2) is 52.1 Å². The second-order valence-electron chi connectivity index (χ2n) is 5.87. The van der Waals surface area contributed by atoms with E-state index in [1.807, 2.05) is 43.3 Å². The Balaban J connectivity index is 1.47. The maximum absolute atomic E-state index is 9.44. The Labute approximate surface area is 154 Å². The third kappa shape index (κ3) is 3.51. The first-order valence-electron chi connectivity index (χ1n) is 8.06. The molecule has 2 heterocycles. The zero-order chi connectivity index (χ0) is 17.9. The molecule has 0 radical (unpaired) electrons. The number of aryl methyl sites for hydroxylation is 1. The number of ether oxygens (including phenoxy) is 2. The predicted octanol–water partition coefficient (Wildman–Crippen LogP) is 4.00. The molecule has 0 fully saturated rings. The lowest BCUT2D eigenvalue weighted by Crippen LogP contribution is -2.03. The molecule has 1 atom stereocenters. The van der Waals surface area contributed by atoms with Crippen LogP contribution in [0.1, 0.15) is 11.1 Å². The number of aromatic nitrogens is 2. The van der Waals surface area contributed by atoms with E-state index in [1.165, 1.54) is 17.3 Å². The molecule has 3 aromatic rings. The van der Waals surface area contributed by atoms with Gasteiger partial charge in [0.05, 0.1) is 6.07 Å². The van der Waals surface area contributed by atoms with Crippen LogP contribution in [-0.2, 0) is 6.42 Å². The molecule has 0 spiro atoms. The van der Waals surface area contributed by atoms with Crippen molar-refractivity contribution >= 4 is 11.8 Å². The molecule has 1 aliphatic heterocycles. The van der Waals surface area contributed by atoms with Crippen LogP contribution in [0.2, 0.25) is 0 Å². The summed E-state index contributed by atoms with van der Waals surface area (Å²) in [5.41, 5.74) is 3.05. The van der Waals surface area contributed by atoms with Crippen molar-refractivity contribution in [3.05, 3.63) is 53.6 Å². The SMILES string of the molecule is Cc1ccc(C[C@@H](C#N)Sc2nnc(-c3ccc4c(c3)OCO4)o2)cc1. The Kier molecular flexibility index (Phi) is 4.50. The second kappa shape index (κ2) is 7.10. The van der Waals surface area contributed by atoms with Crippen molar-refractivity contribution in [2.24, 2.45) is 0 Å². The van der Waals surface area contributed by atoms with Gasteiger partial charge in [0.2, 0.25) is 12.7 Å². The Hall–Kier alpha value is -2.98. The molecule has 2 aromatic carbocycles. The molecule has 0 saturated carbocycles. The highest BCUT2D eigenvalue weighted by Gasteiger charge is 2.19. The molecule has 7 heteroatoms. The number of rotatable bonds is 5. The largest absolute Gasteiger partial charge is 0.454 e. The third-order valence-corrected chi connectivity index (χ3v) is 4.88. The van der Waals surface area contributed by atoms with Gasteiger partial charge in [0.25, 0.3) is 5.22 Å². The van der Waals surface area contributed by atoms with Gasteiger partial charge in [-0.2, -0.15) is 5.26 Å². The van der Waals surface area contributed by atoms with Crippen molar-refractivity contribution in [2.45, 2.75) is 23.8 Å². The average molecular weight is 365 g/mol. The normalized spacial score (nSPS) is 13.4. The first-order valence-corrected chi connectivity index (χ1v) is 8.94. The number of thioether (sulfide) groups is 1. The van der Waals surface area contributed by atoms with Crippen LogP contribution in [0.25, 0.3) is 11.5 Å². The van der Waals surface area contributed by atoms with Crippen molar-refractivity contribution in [2.75, 3.05) is 6.79 Å². The van der Waals surface area contributed by atoms with E-state index in [2.05, 4.69) is 16.3 Å². The molecule has 130 valence electrons. The van der Waals surface area contributed by atoms with Crippen LogP contribution in [0.5, 0.6) is 11.5 Å². The van der Waals surface area contributed by atoms with Gasteiger partial charge >= 0.3 is 0 Å². The second-order valence-corrected chi connectivity index (χ2v) is 7.02. The maximum Gasteiger partial charge on any atom is 0.278 e. The Morgan fingerprint density at radius 1 is 1.12 bits per heavy atom. The molecule has 4 rings (SSSR count). The zero-order valence-electron chi connectivity index (χ0n) is 14.0. The number of fused-ring (bicyclic) bond motifs is 1. The Morgan fingerprint density at radius 2 is 1.92 bits per heavy atom. The van der Waals surface area contributed by atoms with E-state index in [-0.39, 0.29) is 12.0 Å². The minimum Gasteiger partial charge on any atom is -0.454 e. The third-order valence-electron chi connectivity index (χ3n) is 3.95. The molecule has 6 nitrogen and oxygen atoms in total. The number of nitrogens with zero attached hydrogens (tertiary/aromatic N) is 3. The quantitative estimate of drug-likeness (QED) is 0.632. The standard InChI is InChI=1S/C19H15N3O3S/c1-12-2-4-13(5-3-12)8-15(10-20)26-19-22-21-18(25-19)14-6-7-16-17(9-14)24-11-23-16/h2-7,9,15H,8,11H2,1H3/t15-/m0/s1. The number of hydrogen-bond acceptors (Lipinski definition) is 7. The lowest BCUT2D eigenvalue weighted by Gasteiger charge is -2.06. The molecule has 0 saturated heterocycles. The molecule has 1 aromatic heterocycles. The minimum atomic E-state index is -0.303. The summed E-state index contributed by atoms with van der Waals surface area (Å²) >= 11 is 1.27. The van der Waals surface area contributed by atoms with Gasteiger partial charge in [-0.25, -0.2) is 0 Å². The summed E-state index contributed by atoms with van der Waals surface area (Å²) < 4.78 is 16.4. The van der Waals surface area contributed by atoms with Gasteiger partial charge in [-0.1, -0.05) is 29.8 Å². The van der Waals surface area contributed by atoms with Gasteiger partial charge in [-0.05, 0) is 48.9 Å². The fraction of sp³-hybridized carbons (Fsp3) is 0.211. The molecular weight excluding hydrogens is 350 g/mol. The van der Waals surface area contributed by atoms with Crippen molar-refractivity contribution in [3.63, 3.8) is 0 Å². The first kappa shape index (κ1) is 16.5. The van der Waals surface area contributed by atoms with Crippen molar-refractivity contribution in [1.29, 1.82) is 5.26 Å². The van der Waals surface area contributed by atoms with E-state index in [1.54, 1.807) is 6.07 Å². The van der Waals surface area contributed by atoms with Gasteiger partial charge in [0, 0.05) is 5.56 Å². The van der Waals surface area contributed by atoms with E-state index < -0.39 is 0 Å². The fourth-order valence-corrected chi connectivity index (χ4v) is 3.36. The number of benzene rings is 2. The van der Waals surface area contributed by atoms with Crippen molar-refractivity contribution in [3.8, 4) is 29.0 Å². The maximum atomic E-state index is 9.44. The molecule has 1 aliphatic rings. The van der Waals surface area contributed by atoms with Gasteiger partial charge < -0.3 is 13.9 Å². The van der Waals surface area contributed by atoms with Crippen LogP contribution in [0.4, 0.5) is 0 Å². The average Bonchev–Trinajstić information content (AvgIpc) is 3.31. The number of hydrogen-bond donors (Lipinski definition) is 0. The van der Waals surface area contributed by atoms with Crippen molar-refractivity contribution in [1.82, 2.24) is 10.2 Å². The van der Waals surface area contributed by atoms with Crippen LogP contribution < -0.4 is 9.47 Å². The smallest absolute Gasteiger partial charge is 0.278 e. The van der Waals surface area contributed by atoms with E-state index in [4.69, 9.17) is 13.9 Å². The van der Waals surface area contributed by atoms with E-state index >= 15 is 0 Å². The molecular formula is C19H15N3O3S. The molecule has 0 amide bonds. The monoisotopic (exact) mass is 365 g/mol. The Morgan fingerprint density at radius 3 is 2.73 bits per heavy atom. The summed E-state index contributed by atoms with van der Waals surface area (Å²) in [6.45, 7) is 2.25. The first-order chi connectivity index (χ1) is 12.7. The number of nitriles is 1. The van der Waals surface area contributed by atoms with Crippen molar-refractivity contribution < 1.29 is 13.9 Å². The molecule has 0 bridgehead atoms. The Bertz CT molecular complexity index is 963. The summed E-state index contributed by atoms with van der Waals surface area (Å²) in [4.78, 5) is 0. The fourth-order valence-electron chi connectivity index (χ4n) is 2.58. The van der Waals surface area contributed by atoms with Gasteiger partial charge in [-0.3, -0.25) is 0 Å². The highest BCUT2D eigenvalue weighted by Crippen LogP contribution is 2.36. The zero-order valence-corrected chi connectivity index (χ0v) is 14.8. The minimum absolute atomic E-state index is 0.215. The summed E-state index contributed by atoms with van der Waals surface area (Å²) in [6.07, 6.45) is 0.614. The summed E-state index contributed by atoms with van der Waals surface area (Å²) in [7, 11) is 0. The molecule has 0 aliphatic carbocycles. The highest BCUT2D eigenvalue weighted by molar-refractivity contribution is 7.99. The molecule has 26 heavy (non-hydrogen) atoms. The molecule has 0 unspecified atom stereocenters. The van der Waals surface area contributed by atoms with E-state index in [0.717, 1.165) is 11.1 Å². The predicted molar refractivity (Wildman–Crippen MR) is 96.0 cm³/mol. The summed E-state index contributed by atoms with van der Waals surface area (Å²) in [6, 6.07) is 15.9. The summed E-state index contributed by atoms with van der Waals surface area (Å²) in [5.74, 6) is 1.74. The van der Waals surface area contributed by atoms with Crippen LogP contribution in [0, 0.1) is 18.3 Å². The highest BCUT2D eigenvalue weighted by atomic mass is 32.2. The lowest BCUT2D eigenvalue weighted by molar-refractivity contribution is 0.174.